The van der Waals surface area contributed by atoms with Crippen LogP contribution in [0.5, 0.6) is 0 Å². The van der Waals surface area contributed by atoms with Gasteiger partial charge >= 0.3 is 71.6 Å². The molecule has 5 atom stereocenters. The third kappa shape index (κ3) is 47.8. The highest BCUT2D eigenvalue weighted by Crippen LogP contribution is 2.42. The number of rotatable bonds is 33. The third-order valence-electron chi connectivity index (χ3n) is 20.2. The second-order valence-corrected chi connectivity index (χ2v) is 36.5. The van der Waals surface area contributed by atoms with Crippen LogP contribution in [0.1, 0.15) is 363 Å². The zero-order chi connectivity index (χ0) is 87.1. The Kier molecular flexibility index (Phi) is 49.1. The van der Waals surface area contributed by atoms with E-state index in [9.17, 15) is 57.5 Å². The van der Waals surface area contributed by atoms with E-state index in [1.165, 1.54) is 45.4 Å². The van der Waals surface area contributed by atoms with E-state index in [-0.39, 0.29) is 92.4 Å². The highest BCUT2D eigenvalue weighted by Gasteiger charge is 2.43. The molecule has 24 nitrogen and oxygen atoms in total. The smallest absolute Gasteiger partial charge is 0.350 e. The van der Waals surface area contributed by atoms with Crippen LogP contribution in [0.25, 0.3) is 0 Å². The molecule has 0 aromatic carbocycles. The van der Waals surface area contributed by atoms with Crippen molar-refractivity contribution in [3.05, 3.63) is 0 Å². The summed E-state index contributed by atoms with van der Waals surface area (Å²) in [6, 6.07) is 0. The molecule has 5 unspecified atom stereocenters. The topological polar surface area (TPSA) is 316 Å². The monoisotopic (exact) mass is 1590 g/mol. The normalized spacial score (nSPS) is 16.1. The minimum absolute atomic E-state index is 0.0727. The van der Waals surface area contributed by atoms with Crippen LogP contribution in [0.15, 0.2) is 0 Å². The number of carbonyl (C=O) groups is 12. The Hall–Kier alpha value is -6.36. The van der Waals surface area contributed by atoms with Crippen LogP contribution >= 0.6 is 0 Å². The molecule has 0 aromatic heterocycles. The summed E-state index contributed by atoms with van der Waals surface area (Å²) >= 11 is 0. The average molecular weight is 1590 g/mol. The summed E-state index contributed by atoms with van der Waals surface area (Å²) in [6.45, 7) is 59.6. The highest BCUT2D eigenvalue weighted by atomic mass is 16.6. The molecule has 0 aromatic rings. The zero-order valence-electron chi connectivity index (χ0n) is 75.5. The Bertz CT molecular complexity index is 2840. The van der Waals surface area contributed by atoms with E-state index in [1.54, 1.807) is 96.9 Å². The fourth-order valence-electron chi connectivity index (χ4n) is 10.2. The van der Waals surface area contributed by atoms with Crippen molar-refractivity contribution in [3.63, 3.8) is 0 Å². The number of hydrogen-bond acceptors (Lipinski definition) is 24. The van der Waals surface area contributed by atoms with Gasteiger partial charge in [-0.1, -0.05) is 108 Å². The second-order valence-electron chi connectivity index (χ2n) is 36.5. The predicted molar refractivity (Wildman–Crippen MR) is 428 cm³/mol. The number of esters is 12. The molecule has 0 amide bonds. The summed E-state index contributed by atoms with van der Waals surface area (Å²) < 4.78 is 62.4. The van der Waals surface area contributed by atoms with Gasteiger partial charge in [0.25, 0.3) is 0 Å². The molecule has 0 heterocycles. The van der Waals surface area contributed by atoms with Crippen molar-refractivity contribution in [2.24, 2.45) is 51.8 Å². The van der Waals surface area contributed by atoms with Gasteiger partial charge < -0.3 is 56.8 Å². The molecule has 0 radical (unpaired) electrons. The van der Waals surface area contributed by atoms with Gasteiger partial charge in [0.15, 0.2) is 25.9 Å². The molecule has 3 aliphatic rings. The molecule has 3 aliphatic carbocycles. The van der Waals surface area contributed by atoms with E-state index >= 15 is 0 Å². The quantitative estimate of drug-likeness (QED) is 0.0335. The van der Waals surface area contributed by atoms with Gasteiger partial charge in [-0.15, -0.1) is 0 Å². The zero-order valence-corrected chi connectivity index (χ0v) is 75.5. The largest absolute Gasteiger partial charge is 0.465 e. The molecule has 648 valence electrons. The number of carbonyl (C=O) groups excluding carboxylic acids is 12. The molecule has 0 N–H and O–H groups in total. The minimum Gasteiger partial charge on any atom is -0.465 e. The number of ether oxygens (including phenoxy) is 12. The van der Waals surface area contributed by atoms with Gasteiger partial charge in [-0.25, -0.2) is 24.0 Å². The predicted octanol–water partition coefficient (Wildman–Crippen LogP) is 18.5. The van der Waals surface area contributed by atoms with E-state index in [2.05, 4.69) is 0 Å². The number of hydrogen-bond donors (Lipinski definition) is 0. The summed E-state index contributed by atoms with van der Waals surface area (Å²) in [5.74, 6) is -3.81. The lowest BCUT2D eigenvalue weighted by atomic mass is 9.76. The first kappa shape index (κ1) is 109. The van der Waals surface area contributed by atoms with Crippen LogP contribution in [-0.2, 0) is 114 Å². The molecule has 24 heteroatoms. The molecule has 111 heavy (non-hydrogen) atoms. The molecule has 0 bridgehead atoms. The fourth-order valence-corrected chi connectivity index (χ4v) is 10.2. The van der Waals surface area contributed by atoms with Crippen LogP contribution in [0.4, 0.5) is 0 Å². The van der Waals surface area contributed by atoms with Crippen molar-refractivity contribution in [1.29, 1.82) is 0 Å². The molecule has 3 fully saturated rings. The second kappa shape index (κ2) is 50.1. The van der Waals surface area contributed by atoms with Crippen LogP contribution < -0.4 is 0 Å². The summed E-state index contributed by atoms with van der Waals surface area (Å²) in [5.41, 5.74) is -5.89. The van der Waals surface area contributed by atoms with Crippen LogP contribution in [0.3, 0.4) is 0 Å². The van der Waals surface area contributed by atoms with E-state index < -0.39 is 91.4 Å². The molecular weight excluding hydrogens is 1430 g/mol. The van der Waals surface area contributed by atoms with Gasteiger partial charge in [-0.3, -0.25) is 33.6 Å². The summed E-state index contributed by atoms with van der Waals surface area (Å²) in [4.78, 5) is 140. The fraction of sp³-hybridized carbons (Fsp3) is 0.862. The van der Waals surface area contributed by atoms with E-state index in [0.29, 0.717) is 56.3 Å². The summed E-state index contributed by atoms with van der Waals surface area (Å²) in [7, 11) is 0. The lowest BCUT2D eigenvalue weighted by molar-refractivity contribution is -0.188. The third-order valence-corrected chi connectivity index (χ3v) is 20.2. The van der Waals surface area contributed by atoms with E-state index in [1.807, 2.05) is 125 Å². The lowest BCUT2D eigenvalue weighted by Gasteiger charge is -2.38. The molecule has 3 saturated carbocycles. The van der Waals surface area contributed by atoms with Gasteiger partial charge in [0.05, 0.1) is 40.6 Å². The van der Waals surface area contributed by atoms with Gasteiger partial charge in [-0.05, 0) is 267 Å². The van der Waals surface area contributed by atoms with Crippen molar-refractivity contribution in [1.82, 2.24) is 0 Å². The summed E-state index contributed by atoms with van der Waals surface area (Å²) in [5, 5.41) is 0. The standard InChI is InChI=1S/C18H32O4.C16H28O4.C14H24O4.3C13H24O4/c1-6-17(3,4)16(20)21-13-15(19)22-18(5,7-2)14-11-9-8-10-12-14;1-5-12(2)15(18)19-11-14(17)20-16(3,4)13-9-7-6-8-10-13;1-6-13(2,3)12(16)17-9-11(15)18-14(4,5)10-7-8-10;1-8-13(6,7)11(15)16-9(2)10(14)17-12(3,4)5;1-8-9(2)10(14)16-13(6,7)11(15)17-12(3,4)5;1-6-10(2)12(15)16-9-7-8-11(14)17-13(3,4)5/h14H,6-13H2,1-5H3;12-13H,5-11H2,1-4H3;10H,6-9H2,1-5H3;2*9H,8H2,1-7H3;10H,6-9H2,1-5H3. The average Bonchev–Trinajstić information content (AvgIpc) is 1.72. The maximum Gasteiger partial charge on any atom is 0.350 e. The van der Waals surface area contributed by atoms with Crippen LogP contribution in [0.2, 0.25) is 0 Å². The Balaban J connectivity index is -0.00000126. The summed E-state index contributed by atoms with van der Waals surface area (Å²) in [6.07, 6.45) is 18.9. The van der Waals surface area contributed by atoms with Crippen molar-refractivity contribution in [2.45, 2.75) is 409 Å². The van der Waals surface area contributed by atoms with E-state index in [4.69, 9.17) is 56.8 Å². The van der Waals surface area contributed by atoms with Crippen LogP contribution in [0, 0.1) is 51.8 Å². The first-order valence-electron chi connectivity index (χ1n) is 41.0. The van der Waals surface area contributed by atoms with Crippen molar-refractivity contribution >= 4 is 71.6 Å². The maximum atomic E-state index is 12.1. The SMILES string of the molecule is CCC(C)(C)C(=O)OC(C)C(=O)OC(C)(C)C.CCC(C)(C)C(=O)OCC(=O)OC(C)(C)C1CC1.CCC(C)(C)C(=O)OCC(=O)OC(C)(CC)C1CCCCC1.CCC(C)C(=O)OC(C)(C)C(=O)OC(C)(C)C.CCC(C)C(=O)OCC(=O)OC(C)(C)C1CCCCC1.CCC(C)C(=O)OCCCC(=O)OC(C)(C)C. The van der Waals surface area contributed by atoms with Crippen LogP contribution in [-0.4, -0.2) is 143 Å². The Labute approximate surface area is 669 Å². The molecule has 0 aliphatic heterocycles. The molecule has 0 saturated heterocycles. The first-order chi connectivity index (χ1) is 50.5. The van der Waals surface area contributed by atoms with E-state index in [0.717, 1.165) is 51.4 Å². The Morgan fingerprint density at radius 3 is 1.02 bits per heavy atom. The van der Waals surface area contributed by atoms with Gasteiger partial charge in [0.2, 0.25) is 5.60 Å². The Morgan fingerprint density at radius 2 is 0.658 bits per heavy atom. The first-order valence-corrected chi connectivity index (χ1v) is 41.0. The highest BCUT2D eigenvalue weighted by molar-refractivity contribution is 5.84. The molecule has 0 spiro atoms. The molecular formula is C87H156O24. The minimum atomic E-state index is -1.24. The van der Waals surface area contributed by atoms with Crippen molar-refractivity contribution < 1.29 is 114 Å². The maximum absolute atomic E-state index is 12.1. The van der Waals surface area contributed by atoms with Gasteiger partial charge in [-0.2, -0.15) is 0 Å². The lowest BCUT2D eigenvalue weighted by Crippen LogP contribution is -2.43. The van der Waals surface area contributed by atoms with Crippen molar-refractivity contribution in [2.75, 3.05) is 26.4 Å². The van der Waals surface area contributed by atoms with Gasteiger partial charge in [0, 0.05) is 6.42 Å². The van der Waals surface area contributed by atoms with Gasteiger partial charge in [0.1, 0.15) is 33.6 Å². The Morgan fingerprint density at radius 1 is 0.315 bits per heavy atom. The van der Waals surface area contributed by atoms with Crippen molar-refractivity contribution in [3.8, 4) is 0 Å². The molecule has 3 rings (SSSR count).